The van der Waals surface area contributed by atoms with E-state index in [4.69, 9.17) is 0 Å². The number of hydrogen-bond acceptors (Lipinski definition) is 2. The van der Waals surface area contributed by atoms with Gasteiger partial charge in [-0.2, -0.15) is 5.10 Å². The molecule has 1 atom stereocenters. The second-order valence-electron chi connectivity index (χ2n) is 3.93. The number of anilines is 1. The van der Waals surface area contributed by atoms with E-state index in [9.17, 15) is 4.39 Å². The summed E-state index contributed by atoms with van der Waals surface area (Å²) in [6.45, 7) is 1.92. The van der Waals surface area contributed by atoms with Crippen LogP contribution in [0.4, 0.5) is 10.1 Å². The lowest BCUT2D eigenvalue weighted by Gasteiger charge is -2.15. The highest BCUT2D eigenvalue weighted by Gasteiger charge is 2.11. The summed E-state index contributed by atoms with van der Waals surface area (Å²) < 4.78 is 16.2. The maximum absolute atomic E-state index is 13.7. The van der Waals surface area contributed by atoms with Crippen LogP contribution in [0.2, 0.25) is 0 Å². The summed E-state index contributed by atoms with van der Waals surface area (Å²) in [5, 5.41) is 7.25. The number of halogens is 2. The average molecular weight is 298 g/mol. The lowest BCUT2D eigenvalue weighted by molar-refractivity contribution is 0.599. The first-order chi connectivity index (χ1) is 8.06. The highest BCUT2D eigenvalue weighted by Crippen LogP contribution is 2.23. The third-order valence-corrected chi connectivity index (χ3v) is 3.01. The maximum Gasteiger partial charge on any atom is 0.129 e. The van der Waals surface area contributed by atoms with Crippen LogP contribution in [-0.2, 0) is 7.05 Å². The van der Waals surface area contributed by atoms with E-state index in [2.05, 4.69) is 26.3 Å². The van der Waals surface area contributed by atoms with Crippen LogP contribution in [0.15, 0.2) is 35.1 Å². The fourth-order valence-electron chi connectivity index (χ4n) is 1.68. The van der Waals surface area contributed by atoms with Gasteiger partial charge in [-0.1, -0.05) is 22.0 Å². The number of nitrogens with zero attached hydrogens (tertiary/aromatic N) is 2. The van der Waals surface area contributed by atoms with Gasteiger partial charge >= 0.3 is 0 Å². The van der Waals surface area contributed by atoms with Gasteiger partial charge < -0.3 is 5.32 Å². The number of aromatic nitrogens is 2. The van der Waals surface area contributed by atoms with Gasteiger partial charge in [0.2, 0.25) is 0 Å². The zero-order chi connectivity index (χ0) is 12.4. The molecule has 0 aliphatic carbocycles. The average Bonchev–Trinajstić information content (AvgIpc) is 2.63. The Kier molecular flexibility index (Phi) is 3.47. The van der Waals surface area contributed by atoms with Crippen molar-refractivity contribution >= 4 is 21.6 Å². The first-order valence-corrected chi connectivity index (χ1v) is 6.05. The Morgan fingerprint density at radius 2 is 2.24 bits per heavy atom. The highest BCUT2D eigenvalue weighted by atomic mass is 79.9. The molecule has 0 saturated heterocycles. The third kappa shape index (κ3) is 2.85. The minimum Gasteiger partial charge on any atom is -0.376 e. The molecule has 1 aromatic carbocycles. The molecular weight excluding hydrogens is 285 g/mol. The molecule has 3 nitrogen and oxygen atoms in total. The van der Waals surface area contributed by atoms with Crippen molar-refractivity contribution in [1.82, 2.24) is 9.78 Å². The number of hydrogen-bond donors (Lipinski definition) is 1. The number of benzene rings is 1. The van der Waals surface area contributed by atoms with Crippen molar-refractivity contribution in [1.29, 1.82) is 0 Å². The normalized spacial score (nSPS) is 12.5. The van der Waals surface area contributed by atoms with Crippen molar-refractivity contribution in [3.05, 3.63) is 46.4 Å². The smallest absolute Gasteiger partial charge is 0.129 e. The summed E-state index contributed by atoms with van der Waals surface area (Å²) in [5.74, 6) is -0.219. The molecule has 5 heteroatoms. The first kappa shape index (κ1) is 12.1. The molecule has 1 aromatic heterocycles. The summed E-state index contributed by atoms with van der Waals surface area (Å²) in [4.78, 5) is 0. The van der Waals surface area contributed by atoms with Gasteiger partial charge in [-0.3, -0.25) is 4.68 Å². The summed E-state index contributed by atoms with van der Waals surface area (Å²) in [6, 6.07) is 4.97. The monoisotopic (exact) mass is 297 g/mol. The largest absolute Gasteiger partial charge is 0.376 e. The quantitative estimate of drug-likeness (QED) is 0.940. The Bertz CT molecular complexity index is 524. The van der Waals surface area contributed by atoms with E-state index in [-0.39, 0.29) is 11.9 Å². The predicted molar refractivity (Wildman–Crippen MR) is 69.3 cm³/mol. The van der Waals surface area contributed by atoms with Crippen LogP contribution < -0.4 is 5.32 Å². The Hall–Kier alpha value is -1.36. The zero-order valence-electron chi connectivity index (χ0n) is 9.61. The fraction of sp³-hybridized carbons (Fsp3) is 0.250. The van der Waals surface area contributed by atoms with Crippen molar-refractivity contribution < 1.29 is 4.39 Å². The lowest BCUT2D eigenvalue weighted by Crippen LogP contribution is -2.08. The van der Waals surface area contributed by atoms with E-state index < -0.39 is 0 Å². The van der Waals surface area contributed by atoms with Crippen LogP contribution in [0.25, 0.3) is 0 Å². The molecule has 1 N–H and O–H groups in total. The van der Waals surface area contributed by atoms with Crippen molar-refractivity contribution in [2.45, 2.75) is 13.0 Å². The van der Waals surface area contributed by atoms with Crippen LogP contribution in [-0.4, -0.2) is 9.78 Å². The van der Waals surface area contributed by atoms with Crippen LogP contribution in [0.1, 0.15) is 18.5 Å². The molecular formula is C12H13BrFN3. The van der Waals surface area contributed by atoms with Crippen LogP contribution >= 0.6 is 15.9 Å². The molecule has 0 saturated carbocycles. The second kappa shape index (κ2) is 4.87. The molecule has 1 unspecified atom stereocenters. The molecule has 0 radical (unpaired) electrons. The lowest BCUT2D eigenvalue weighted by atomic mass is 10.1. The molecule has 0 aliphatic rings. The molecule has 2 rings (SSSR count). The topological polar surface area (TPSA) is 29.9 Å². The SMILES string of the molecule is CC(Nc1cnn(C)c1)c1ccc(Br)cc1F. The summed E-state index contributed by atoms with van der Waals surface area (Å²) in [5.41, 5.74) is 1.51. The van der Waals surface area contributed by atoms with Gasteiger partial charge in [0.15, 0.2) is 0 Å². The van der Waals surface area contributed by atoms with Crippen molar-refractivity contribution in [3.8, 4) is 0 Å². The molecule has 0 spiro atoms. The molecule has 90 valence electrons. The molecule has 2 aromatic rings. The molecule has 0 fully saturated rings. The molecule has 0 amide bonds. The van der Waals surface area contributed by atoms with Crippen LogP contribution in [0, 0.1) is 5.82 Å². The Morgan fingerprint density at radius 1 is 1.47 bits per heavy atom. The van der Waals surface area contributed by atoms with Gasteiger partial charge in [0.05, 0.1) is 17.9 Å². The van der Waals surface area contributed by atoms with Gasteiger partial charge in [0.25, 0.3) is 0 Å². The Labute approximate surface area is 108 Å². The van der Waals surface area contributed by atoms with E-state index in [1.807, 2.05) is 26.2 Å². The number of aryl methyl sites for hydroxylation is 1. The maximum atomic E-state index is 13.7. The van der Waals surface area contributed by atoms with Gasteiger partial charge in [-0.15, -0.1) is 0 Å². The summed E-state index contributed by atoms with van der Waals surface area (Å²) >= 11 is 3.24. The van der Waals surface area contributed by atoms with Crippen molar-refractivity contribution in [2.75, 3.05) is 5.32 Å². The van der Waals surface area contributed by atoms with Gasteiger partial charge in [0.1, 0.15) is 5.82 Å². The predicted octanol–water partition coefficient (Wildman–Crippen LogP) is 3.49. The second-order valence-corrected chi connectivity index (χ2v) is 4.85. The first-order valence-electron chi connectivity index (χ1n) is 5.26. The van der Waals surface area contributed by atoms with Gasteiger partial charge in [-0.05, 0) is 19.1 Å². The van der Waals surface area contributed by atoms with E-state index in [1.54, 1.807) is 16.9 Å². The Morgan fingerprint density at radius 3 is 2.82 bits per heavy atom. The fourth-order valence-corrected chi connectivity index (χ4v) is 2.01. The molecule has 0 aliphatic heterocycles. The van der Waals surface area contributed by atoms with Gasteiger partial charge in [-0.25, -0.2) is 4.39 Å². The summed E-state index contributed by atoms with van der Waals surface area (Å²) in [7, 11) is 1.84. The van der Waals surface area contributed by atoms with E-state index in [1.165, 1.54) is 6.07 Å². The molecule has 0 bridgehead atoms. The van der Waals surface area contributed by atoms with Crippen molar-refractivity contribution in [3.63, 3.8) is 0 Å². The minimum atomic E-state index is -0.219. The van der Waals surface area contributed by atoms with Gasteiger partial charge in [0, 0.05) is 23.3 Å². The van der Waals surface area contributed by atoms with E-state index in [0.29, 0.717) is 5.56 Å². The number of rotatable bonds is 3. The highest BCUT2D eigenvalue weighted by molar-refractivity contribution is 9.10. The number of nitrogens with one attached hydrogen (secondary N) is 1. The standard InChI is InChI=1S/C12H13BrFN3/c1-8(16-10-6-15-17(2)7-10)11-4-3-9(13)5-12(11)14/h3-8,16H,1-2H3. The minimum absolute atomic E-state index is 0.104. The third-order valence-electron chi connectivity index (χ3n) is 2.52. The Balaban J connectivity index is 2.17. The van der Waals surface area contributed by atoms with E-state index in [0.717, 1.165) is 10.2 Å². The van der Waals surface area contributed by atoms with Crippen molar-refractivity contribution in [2.24, 2.45) is 7.05 Å². The summed E-state index contributed by atoms with van der Waals surface area (Å²) in [6.07, 6.45) is 3.57. The van der Waals surface area contributed by atoms with Crippen LogP contribution in [0.3, 0.4) is 0 Å². The zero-order valence-corrected chi connectivity index (χ0v) is 11.2. The van der Waals surface area contributed by atoms with E-state index >= 15 is 0 Å². The van der Waals surface area contributed by atoms with Crippen LogP contribution in [0.5, 0.6) is 0 Å². The molecule has 17 heavy (non-hydrogen) atoms. The molecule has 1 heterocycles.